The van der Waals surface area contributed by atoms with Gasteiger partial charge in [0.2, 0.25) is 11.1 Å². The average Bonchev–Trinajstić information content (AvgIpc) is 2.67. The van der Waals surface area contributed by atoms with Crippen molar-refractivity contribution >= 4 is 27.9 Å². The molecule has 0 atom stereocenters. The van der Waals surface area contributed by atoms with Crippen LogP contribution in [0.25, 0.3) is 33.3 Å². The highest BCUT2D eigenvalue weighted by atomic mass is 16.5. The molecule has 0 fully saturated rings. The molecular formula is C21H15NO4. The number of Topliss-reactive ketones (excluding diaryl/α,β-unsaturated/α-hetero) is 1. The molecule has 26 heavy (non-hydrogen) atoms. The van der Waals surface area contributed by atoms with E-state index in [-0.39, 0.29) is 16.9 Å². The Hall–Kier alpha value is -3.47. The smallest absolute Gasteiger partial charge is 0.231 e. The summed E-state index contributed by atoms with van der Waals surface area (Å²) >= 11 is 0. The minimum atomic E-state index is -0.196. The summed E-state index contributed by atoms with van der Waals surface area (Å²) in [6, 6.07) is 15.8. The second kappa shape index (κ2) is 6.11. The van der Waals surface area contributed by atoms with Crippen LogP contribution >= 0.6 is 0 Å². The molecule has 5 heteroatoms. The zero-order valence-electron chi connectivity index (χ0n) is 14.3. The van der Waals surface area contributed by atoms with Crippen molar-refractivity contribution in [2.45, 2.75) is 6.92 Å². The van der Waals surface area contributed by atoms with Gasteiger partial charge in [-0.1, -0.05) is 0 Å². The van der Waals surface area contributed by atoms with Gasteiger partial charge in [-0.25, -0.2) is 4.98 Å². The highest BCUT2D eigenvalue weighted by Gasteiger charge is 2.12. The Labute approximate surface area is 148 Å². The van der Waals surface area contributed by atoms with Crippen molar-refractivity contribution in [2.24, 2.45) is 0 Å². The molecule has 0 bridgehead atoms. The van der Waals surface area contributed by atoms with Gasteiger partial charge in [-0.05, 0) is 61.5 Å². The Morgan fingerprint density at radius 3 is 2.46 bits per heavy atom. The van der Waals surface area contributed by atoms with Crippen LogP contribution in [0.5, 0.6) is 5.75 Å². The Bertz CT molecular complexity index is 1210. The van der Waals surface area contributed by atoms with Crippen LogP contribution in [0.3, 0.4) is 0 Å². The van der Waals surface area contributed by atoms with E-state index in [1.165, 1.54) is 6.92 Å². The van der Waals surface area contributed by atoms with Crippen molar-refractivity contribution in [2.75, 3.05) is 7.11 Å². The number of benzene rings is 2. The van der Waals surface area contributed by atoms with E-state index in [4.69, 9.17) is 9.15 Å². The molecule has 5 nitrogen and oxygen atoms in total. The fraction of sp³-hybridized carbons (Fsp3) is 0.0952. The van der Waals surface area contributed by atoms with Gasteiger partial charge in [0.15, 0.2) is 5.78 Å². The Morgan fingerprint density at radius 2 is 1.77 bits per heavy atom. The lowest BCUT2D eigenvalue weighted by molar-refractivity contribution is 0.101. The first-order valence-electron chi connectivity index (χ1n) is 8.10. The number of methoxy groups -OCH3 is 1. The molecule has 128 valence electrons. The number of nitrogens with zero attached hydrogens (tertiary/aromatic N) is 1. The monoisotopic (exact) mass is 345 g/mol. The molecule has 0 aliphatic carbocycles. The molecule has 2 heterocycles. The van der Waals surface area contributed by atoms with E-state index in [9.17, 15) is 9.59 Å². The van der Waals surface area contributed by atoms with Crippen molar-refractivity contribution < 1.29 is 13.9 Å². The zero-order chi connectivity index (χ0) is 18.3. The van der Waals surface area contributed by atoms with Crippen LogP contribution in [0.15, 0.2) is 63.8 Å². The van der Waals surface area contributed by atoms with Gasteiger partial charge in [0.25, 0.3) is 0 Å². The summed E-state index contributed by atoms with van der Waals surface area (Å²) in [7, 11) is 1.61. The topological polar surface area (TPSA) is 69.4 Å². The van der Waals surface area contributed by atoms with Crippen LogP contribution in [-0.4, -0.2) is 17.9 Å². The summed E-state index contributed by atoms with van der Waals surface area (Å²) < 4.78 is 11.0. The molecule has 0 saturated heterocycles. The molecule has 0 radical (unpaired) electrons. The lowest BCUT2D eigenvalue weighted by Crippen LogP contribution is -2.05. The number of ether oxygens (including phenoxy) is 1. The fourth-order valence-electron chi connectivity index (χ4n) is 2.88. The van der Waals surface area contributed by atoms with E-state index in [0.717, 1.165) is 11.3 Å². The highest BCUT2D eigenvalue weighted by molar-refractivity contribution is 5.99. The van der Waals surface area contributed by atoms with Crippen LogP contribution in [0.4, 0.5) is 0 Å². The third-order valence-electron chi connectivity index (χ3n) is 4.33. The first-order valence-corrected chi connectivity index (χ1v) is 8.10. The second-order valence-corrected chi connectivity index (χ2v) is 5.98. The number of fused-ring (bicyclic) bond motifs is 2. The van der Waals surface area contributed by atoms with Crippen molar-refractivity contribution in [1.82, 2.24) is 4.98 Å². The molecule has 2 aromatic carbocycles. The van der Waals surface area contributed by atoms with E-state index in [1.54, 1.807) is 37.4 Å². The quantitative estimate of drug-likeness (QED) is 0.411. The van der Waals surface area contributed by atoms with Crippen LogP contribution in [0.2, 0.25) is 0 Å². The van der Waals surface area contributed by atoms with Crippen molar-refractivity contribution in [1.29, 1.82) is 0 Å². The Kier molecular flexibility index (Phi) is 3.77. The van der Waals surface area contributed by atoms with Crippen LogP contribution in [0, 0.1) is 0 Å². The third kappa shape index (κ3) is 2.63. The molecule has 4 rings (SSSR count). The number of carbonyl (C=O) groups is 1. The Morgan fingerprint density at radius 1 is 1.00 bits per heavy atom. The second-order valence-electron chi connectivity index (χ2n) is 5.98. The maximum Gasteiger partial charge on any atom is 0.231 e. The van der Waals surface area contributed by atoms with E-state index in [1.807, 2.05) is 24.3 Å². The number of pyridine rings is 1. The van der Waals surface area contributed by atoms with Crippen molar-refractivity contribution in [3.05, 3.63) is 70.4 Å². The van der Waals surface area contributed by atoms with Gasteiger partial charge in [-0.15, -0.1) is 0 Å². The molecule has 0 aliphatic heterocycles. The van der Waals surface area contributed by atoms with E-state index >= 15 is 0 Å². The standard InChI is InChI=1S/C21H15NO4/c1-12(23)14-5-10-19-17(11-14)20(24)16-8-9-18(22-21(16)26-19)13-3-6-15(25-2)7-4-13/h3-11H,1-2H3. The molecule has 2 aromatic heterocycles. The number of aromatic nitrogens is 1. The van der Waals surface area contributed by atoms with Crippen molar-refractivity contribution in [3.63, 3.8) is 0 Å². The first kappa shape index (κ1) is 16.0. The predicted molar refractivity (Wildman–Crippen MR) is 99.8 cm³/mol. The van der Waals surface area contributed by atoms with Crippen LogP contribution in [-0.2, 0) is 0 Å². The van der Waals surface area contributed by atoms with E-state index < -0.39 is 0 Å². The number of carbonyl (C=O) groups excluding carboxylic acids is 1. The maximum absolute atomic E-state index is 12.8. The van der Waals surface area contributed by atoms with Gasteiger partial charge in [0.1, 0.15) is 11.3 Å². The number of ketones is 1. The summed E-state index contributed by atoms with van der Waals surface area (Å²) in [6.45, 7) is 1.46. The molecule has 0 amide bonds. The van der Waals surface area contributed by atoms with E-state index in [0.29, 0.717) is 27.6 Å². The summed E-state index contributed by atoms with van der Waals surface area (Å²) in [4.78, 5) is 28.8. The third-order valence-corrected chi connectivity index (χ3v) is 4.33. The molecule has 0 aliphatic rings. The number of hydrogen-bond donors (Lipinski definition) is 0. The summed E-state index contributed by atoms with van der Waals surface area (Å²) in [5.41, 5.74) is 2.55. The van der Waals surface area contributed by atoms with Crippen LogP contribution in [0.1, 0.15) is 17.3 Å². The minimum absolute atomic E-state index is 0.0978. The van der Waals surface area contributed by atoms with Gasteiger partial charge in [-0.2, -0.15) is 0 Å². The summed E-state index contributed by atoms with van der Waals surface area (Å²) in [5.74, 6) is 0.660. The van der Waals surface area contributed by atoms with Gasteiger partial charge < -0.3 is 9.15 Å². The predicted octanol–water partition coefficient (Wildman–Crippen LogP) is 4.22. The van der Waals surface area contributed by atoms with Gasteiger partial charge in [-0.3, -0.25) is 9.59 Å². The Balaban J connectivity index is 1.90. The van der Waals surface area contributed by atoms with Gasteiger partial charge >= 0.3 is 0 Å². The number of hydrogen-bond acceptors (Lipinski definition) is 5. The number of rotatable bonds is 3. The molecule has 0 saturated carbocycles. The zero-order valence-corrected chi connectivity index (χ0v) is 14.3. The molecule has 0 unspecified atom stereocenters. The van der Waals surface area contributed by atoms with Crippen LogP contribution < -0.4 is 10.2 Å². The molecule has 0 spiro atoms. The average molecular weight is 345 g/mol. The molecular weight excluding hydrogens is 330 g/mol. The van der Waals surface area contributed by atoms with Gasteiger partial charge in [0.05, 0.1) is 23.6 Å². The SMILES string of the molecule is COc1ccc(-c2ccc3c(=O)c4cc(C(C)=O)ccc4oc3n2)cc1. The summed E-state index contributed by atoms with van der Waals surface area (Å²) in [5, 5.41) is 0.764. The summed E-state index contributed by atoms with van der Waals surface area (Å²) in [6.07, 6.45) is 0. The normalized spacial score (nSPS) is 11.0. The lowest BCUT2D eigenvalue weighted by Gasteiger charge is -2.06. The first-order chi connectivity index (χ1) is 12.6. The van der Waals surface area contributed by atoms with Gasteiger partial charge in [0, 0.05) is 11.1 Å². The largest absolute Gasteiger partial charge is 0.497 e. The molecule has 4 aromatic rings. The highest BCUT2D eigenvalue weighted by Crippen LogP contribution is 2.24. The lowest BCUT2D eigenvalue weighted by atomic mass is 10.1. The molecule has 0 N–H and O–H groups in total. The van der Waals surface area contributed by atoms with Crippen molar-refractivity contribution in [3.8, 4) is 17.0 Å². The minimum Gasteiger partial charge on any atom is -0.497 e. The van der Waals surface area contributed by atoms with E-state index in [2.05, 4.69) is 4.98 Å². The maximum atomic E-state index is 12.8. The fourth-order valence-corrected chi connectivity index (χ4v) is 2.88.